The summed E-state index contributed by atoms with van der Waals surface area (Å²) in [5.74, 6) is -4.31. The van der Waals surface area contributed by atoms with Gasteiger partial charge in [0.05, 0.1) is 22.0 Å². The van der Waals surface area contributed by atoms with Gasteiger partial charge >= 0.3 is 0 Å². The molecule has 0 saturated carbocycles. The second-order valence-electron chi connectivity index (χ2n) is 13.1. The molecule has 3 aromatic carbocycles. The highest BCUT2D eigenvalue weighted by atomic mass is 32.2. The van der Waals surface area contributed by atoms with Crippen molar-refractivity contribution >= 4 is 44.1 Å². The van der Waals surface area contributed by atoms with Gasteiger partial charge in [-0.2, -0.15) is 8.42 Å². The van der Waals surface area contributed by atoms with E-state index < -0.39 is 49.1 Å². The number of ether oxygens (including phenoxy) is 1. The molecule has 12 heteroatoms. The van der Waals surface area contributed by atoms with Gasteiger partial charge in [-0.25, -0.2) is 17.7 Å². The monoisotopic (exact) mass is 693 g/mol. The van der Waals surface area contributed by atoms with Gasteiger partial charge in [0, 0.05) is 76.6 Å². The average molecular weight is 694 g/mol. The van der Waals surface area contributed by atoms with Gasteiger partial charge in [0.2, 0.25) is 5.36 Å². The van der Waals surface area contributed by atoms with Crippen molar-refractivity contribution in [3.05, 3.63) is 104 Å². The SMILES string of the molecule is CN1c2cc3c(cc2-c2sccc2C1(C)C)C(c1c(F)c(F)cc(F)c1S(=O)(=O)O)=c1cc2c(cc1O3)=[N+](C)C(C)(C)c1ccsc1-2. The maximum atomic E-state index is 16.1. The van der Waals surface area contributed by atoms with Crippen LogP contribution in [0.1, 0.15) is 49.9 Å². The van der Waals surface area contributed by atoms with Crippen LogP contribution in [-0.2, 0) is 21.2 Å². The van der Waals surface area contributed by atoms with Gasteiger partial charge in [-0.15, -0.1) is 22.7 Å². The molecule has 0 atom stereocenters. The first-order valence-corrected chi connectivity index (χ1v) is 17.9. The highest BCUT2D eigenvalue weighted by Gasteiger charge is 2.42. The van der Waals surface area contributed by atoms with Crippen LogP contribution in [-0.4, -0.2) is 27.1 Å². The van der Waals surface area contributed by atoms with E-state index in [1.54, 1.807) is 24.3 Å². The molecule has 2 aromatic heterocycles. The molecule has 0 aliphatic carbocycles. The first kappa shape index (κ1) is 30.4. The van der Waals surface area contributed by atoms with E-state index in [9.17, 15) is 13.0 Å². The van der Waals surface area contributed by atoms with Crippen molar-refractivity contribution < 1.29 is 30.9 Å². The standard InChI is InChI=1S/C35H27F3N2O4S3/c1-34(2)20-7-9-45-31(20)16-11-18-26(14-24(16)39(34)5)44-27-15-25-17(32-21(8-10-46-32)35(3,4)40(25)6)12-19(27)28(18)29-30(38)22(36)13-23(37)33(29)47(41,42)43/h7-15H,1-6H3/p+1. The predicted octanol–water partition coefficient (Wildman–Crippen LogP) is 7.22. The Morgan fingerprint density at radius 3 is 2.19 bits per heavy atom. The number of hydrogen-bond acceptors (Lipinski definition) is 6. The fraction of sp³-hybridized carbons (Fsp3) is 0.229. The van der Waals surface area contributed by atoms with E-state index in [0.29, 0.717) is 0 Å². The Kier molecular flexibility index (Phi) is 6.18. The Morgan fingerprint density at radius 1 is 0.851 bits per heavy atom. The fourth-order valence-corrected chi connectivity index (χ4v) is 10.1. The van der Waals surface area contributed by atoms with Crippen LogP contribution in [0.3, 0.4) is 0 Å². The van der Waals surface area contributed by atoms with Crippen molar-refractivity contribution in [2.75, 3.05) is 19.0 Å². The van der Waals surface area contributed by atoms with Crippen LogP contribution in [0.2, 0.25) is 0 Å². The molecule has 0 unspecified atom stereocenters. The molecular formula is C35H28F3N2O4S3+. The average Bonchev–Trinajstić information content (AvgIpc) is 3.70. The third kappa shape index (κ3) is 3.98. The number of anilines is 1. The third-order valence-electron chi connectivity index (χ3n) is 10.1. The quantitative estimate of drug-likeness (QED) is 0.118. The fourth-order valence-electron chi connectivity index (χ4n) is 7.17. The van der Waals surface area contributed by atoms with Crippen LogP contribution in [0, 0.1) is 17.5 Å². The number of hydrogen-bond donors (Lipinski definition) is 1. The molecule has 0 fully saturated rings. The van der Waals surface area contributed by atoms with Gasteiger partial charge in [-0.1, -0.05) is 0 Å². The van der Waals surface area contributed by atoms with Crippen LogP contribution in [0.25, 0.3) is 26.5 Å². The predicted molar refractivity (Wildman–Crippen MR) is 178 cm³/mol. The molecule has 5 aromatic rings. The van der Waals surface area contributed by atoms with Gasteiger partial charge in [-0.05, 0) is 54.4 Å². The summed E-state index contributed by atoms with van der Waals surface area (Å²) in [6.07, 6.45) is 0. The lowest BCUT2D eigenvalue weighted by Crippen LogP contribution is -2.46. The summed E-state index contributed by atoms with van der Waals surface area (Å²) in [5.41, 5.74) is 2.91. The van der Waals surface area contributed by atoms with Crippen molar-refractivity contribution in [3.8, 4) is 32.4 Å². The minimum atomic E-state index is -5.38. The van der Waals surface area contributed by atoms with Gasteiger partial charge in [-0.3, -0.25) is 4.55 Å². The molecule has 47 heavy (non-hydrogen) atoms. The molecule has 3 aliphatic rings. The smallest absolute Gasteiger partial charge is 0.298 e. The number of nitrogens with zero attached hydrogens (tertiary/aromatic N) is 2. The van der Waals surface area contributed by atoms with Gasteiger partial charge in [0.15, 0.2) is 17.2 Å². The van der Waals surface area contributed by atoms with E-state index >= 15 is 13.2 Å². The zero-order chi connectivity index (χ0) is 33.5. The van der Waals surface area contributed by atoms with E-state index in [4.69, 9.17) is 4.74 Å². The molecular weight excluding hydrogens is 666 g/mol. The lowest BCUT2D eigenvalue weighted by Gasteiger charge is -2.43. The molecule has 8 rings (SSSR count). The van der Waals surface area contributed by atoms with Crippen molar-refractivity contribution in [1.29, 1.82) is 0 Å². The maximum Gasteiger partial charge on any atom is 0.298 e. The summed E-state index contributed by atoms with van der Waals surface area (Å²) >= 11 is 3.04. The van der Waals surface area contributed by atoms with Crippen LogP contribution >= 0.6 is 22.7 Å². The Morgan fingerprint density at radius 2 is 1.51 bits per heavy atom. The second-order valence-corrected chi connectivity index (χ2v) is 16.3. The lowest BCUT2D eigenvalue weighted by molar-refractivity contribution is 0.368. The summed E-state index contributed by atoms with van der Waals surface area (Å²) in [5, 5.41) is 5.00. The Bertz CT molecular complexity index is 2500. The van der Waals surface area contributed by atoms with E-state index in [0.717, 1.165) is 43.1 Å². The lowest BCUT2D eigenvalue weighted by atomic mass is 9.83. The molecule has 6 nitrogen and oxygen atoms in total. The highest BCUT2D eigenvalue weighted by molar-refractivity contribution is 7.86. The Hall–Kier alpha value is -3.97. The van der Waals surface area contributed by atoms with E-state index in [2.05, 4.69) is 37.2 Å². The maximum absolute atomic E-state index is 16.1. The van der Waals surface area contributed by atoms with Gasteiger partial charge in [0.25, 0.3) is 10.1 Å². The van der Waals surface area contributed by atoms with E-state index in [1.807, 2.05) is 37.0 Å². The van der Waals surface area contributed by atoms with Crippen molar-refractivity contribution in [3.63, 3.8) is 0 Å². The molecule has 0 saturated heterocycles. The largest absolute Gasteiger partial charge is 0.456 e. The molecule has 1 N–H and O–H groups in total. The molecule has 0 bridgehead atoms. The van der Waals surface area contributed by atoms with Crippen molar-refractivity contribution in [2.45, 2.75) is 43.7 Å². The zero-order valence-electron chi connectivity index (χ0n) is 26.1. The summed E-state index contributed by atoms with van der Waals surface area (Å²) < 4.78 is 91.0. The van der Waals surface area contributed by atoms with Crippen molar-refractivity contribution in [2.24, 2.45) is 0 Å². The Balaban J connectivity index is 1.58. The van der Waals surface area contributed by atoms with Crippen molar-refractivity contribution in [1.82, 2.24) is 4.58 Å². The summed E-state index contributed by atoms with van der Waals surface area (Å²) in [6, 6.07) is 11.3. The first-order chi connectivity index (χ1) is 22.0. The summed E-state index contributed by atoms with van der Waals surface area (Å²) in [7, 11) is -1.46. The molecule has 3 aliphatic heterocycles. The normalized spacial score (nSPS) is 16.9. The number of benzene rings is 3. The number of fused-ring (bicyclic) bond motifs is 8. The molecule has 5 heterocycles. The van der Waals surface area contributed by atoms with Crippen LogP contribution < -0.4 is 24.8 Å². The number of rotatable bonds is 2. The zero-order valence-corrected chi connectivity index (χ0v) is 28.6. The number of thiophene rings is 2. The topological polar surface area (TPSA) is 69.9 Å². The van der Waals surface area contributed by atoms with Gasteiger partial charge < -0.3 is 9.64 Å². The molecule has 0 radical (unpaired) electrons. The molecule has 240 valence electrons. The summed E-state index contributed by atoms with van der Waals surface area (Å²) in [4.78, 5) is 2.67. The summed E-state index contributed by atoms with van der Waals surface area (Å²) in [6.45, 7) is 8.39. The Labute approximate surface area is 277 Å². The van der Waals surface area contributed by atoms with Crippen LogP contribution in [0.4, 0.5) is 18.9 Å². The van der Waals surface area contributed by atoms with E-state index in [-0.39, 0.29) is 33.9 Å². The first-order valence-electron chi connectivity index (χ1n) is 14.7. The minimum absolute atomic E-state index is 0.105. The molecule has 0 amide bonds. The second kappa shape index (κ2) is 9.56. The third-order valence-corrected chi connectivity index (χ3v) is 12.9. The molecule has 0 spiro atoms. The van der Waals surface area contributed by atoms with Gasteiger partial charge in [0.1, 0.15) is 29.3 Å². The minimum Gasteiger partial charge on any atom is -0.456 e. The van der Waals surface area contributed by atoms with Crippen LogP contribution in [0.15, 0.2) is 58.1 Å². The highest BCUT2D eigenvalue weighted by Crippen LogP contribution is 2.53. The van der Waals surface area contributed by atoms with E-state index in [1.165, 1.54) is 22.7 Å². The number of halogens is 3. The van der Waals surface area contributed by atoms with Crippen LogP contribution in [0.5, 0.6) is 11.5 Å².